The van der Waals surface area contributed by atoms with Crippen LogP contribution >= 0.6 is 0 Å². The molecule has 0 saturated heterocycles. The van der Waals surface area contributed by atoms with Crippen LogP contribution in [0.5, 0.6) is 0 Å². The quantitative estimate of drug-likeness (QED) is 0.452. The monoisotopic (exact) mass is 208 g/mol. The van der Waals surface area contributed by atoms with E-state index in [9.17, 15) is 0 Å². The second kappa shape index (κ2) is 10.0. The molecule has 0 aliphatic heterocycles. The van der Waals surface area contributed by atoms with Crippen LogP contribution in [-0.4, -0.2) is 0 Å². The molecule has 0 radical (unpaired) electrons. The average Bonchev–Trinajstić information content (AvgIpc) is 2.28. The summed E-state index contributed by atoms with van der Waals surface area (Å²) in [6.07, 6.45) is 13.6. The maximum Gasteiger partial charge on any atom is -0.0286 e. The first-order valence-corrected chi connectivity index (χ1v) is 6.64. The minimum Gasteiger partial charge on any atom is -0.0853 e. The van der Waals surface area contributed by atoms with Crippen molar-refractivity contribution >= 4 is 0 Å². The Bertz CT molecular complexity index is 190. The fourth-order valence-corrected chi connectivity index (χ4v) is 1.77. The van der Waals surface area contributed by atoms with E-state index in [2.05, 4.69) is 39.8 Å². The number of unbranched alkanes of at least 4 members (excludes halogenated alkanes) is 1. The highest BCUT2D eigenvalue weighted by atomic mass is 14.0. The van der Waals surface area contributed by atoms with Crippen LogP contribution in [0.25, 0.3) is 0 Å². The van der Waals surface area contributed by atoms with Crippen LogP contribution < -0.4 is 0 Å². The molecule has 0 amide bonds. The Kier molecular flexibility index (Phi) is 9.67. The summed E-state index contributed by atoms with van der Waals surface area (Å²) in [5, 5.41) is 0. The van der Waals surface area contributed by atoms with Crippen LogP contribution in [0.2, 0.25) is 0 Å². The van der Waals surface area contributed by atoms with Crippen molar-refractivity contribution in [2.45, 2.75) is 72.6 Å². The van der Waals surface area contributed by atoms with E-state index < -0.39 is 0 Å². The van der Waals surface area contributed by atoms with Crippen molar-refractivity contribution in [2.75, 3.05) is 0 Å². The standard InChI is InChI=1S/C15H28/c1-5-9-11-15(8-4)13-10-12-14(6-2)7-3/h11-12H,5-10,13H2,1-4H3. The molecular weight excluding hydrogens is 180 g/mol. The molecule has 0 fully saturated rings. The summed E-state index contributed by atoms with van der Waals surface area (Å²) >= 11 is 0. The highest BCUT2D eigenvalue weighted by Gasteiger charge is 1.94. The summed E-state index contributed by atoms with van der Waals surface area (Å²) in [6, 6.07) is 0. The van der Waals surface area contributed by atoms with E-state index >= 15 is 0 Å². The lowest BCUT2D eigenvalue weighted by atomic mass is 10.0. The van der Waals surface area contributed by atoms with E-state index in [0.29, 0.717) is 0 Å². The van der Waals surface area contributed by atoms with Crippen molar-refractivity contribution in [3.05, 3.63) is 23.3 Å². The lowest BCUT2D eigenvalue weighted by molar-refractivity contribution is 0.855. The van der Waals surface area contributed by atoms with Gasteiger partial charge in [0.1, 0.15) is 0 Å². The Morgan fingerprint density at radius 2 is 1.27 bits per heavy atom. The molecule has 0 rings (SSSR count). The van der Waals surface area contributed by atoms with Crippen LogP contribution in [0.3, 0.4) is 0 Å². The van der Waals surface area contributed by atoms with Crippen LogP contribution in [0.15, 0.2) is 23.3 Å². The van der Waals surface area contributed by atoms with Gasteiger partial charge in [0.15, 0.2) is 0 Å². The van der Waals surface area contributed by atoms with Gasteiger partial charge in [-0.2, -0.15) is 0 Å². The molecule has 0 aromatic rings. The van der Waals surface area contributed by atoms with Gasteiger partial charge < -0.3 is 0 Å². The van der Waals surface area contributed by atoms with Crippen LogP contribution in [-0.2, 0) is 0 Å². The average molecular weight is 208 g/mol. The van der Waals surface area contributed by atoms with Gasteiger partial charge in [0, 0.05) is 0 Å². The lowest BCUT2D eigenvalue weighted by Crippen LogP contribution is -1.83. The topological polar surface area (TPSA) is 0 Å². The molecular formula is C15H28. The zero-order valence-corrected chi connectivity index (χ0v) is 11.1. The van der Waals surface area contributed by atoms with Crippen LogP contribution in [0.4, 0.5) is 0 Å². The SMILES string of the molecule is CCCC=C(CC)CCC=C(CC)CC. The third-order valence-corrected chi connectivity index (χ3v) is 2.98. The third kappa shape index (κ3) is 7.41. The highest BCUT2D eigenvalue weighted by Crippen LogP contribution is 2.14. The molecule has 88 valence electrons. The van der Waals surface area contributed by atoms with Crippen molar-refractivity contribution in [2.24, 2.45) is 0 Å². The molecule has 0 aromatic carbocycles. The number of hydrogen-bond acceptors (Lipinski definition) is 0. The van der Waals surface area contributed by atoms with Crippen LogP contribution in [0, 0.1) is 0 Å². The van der Waals surface area contributed by atoms with E-state index in [1.165, 1.54) is 44.9 Å². The van der Waals surface area contributed by atoms with Gasteiger partial charge in [-0.1, -0.05) is 57.4 Å². The van der Waals surface area contributed by atoms with Gasteiger partial charge in [-0.25, -0.2) is 0 Å². The minimum atomic E-state index is 1.22. The number of rotatable bonds is 8. The van der Waals surface area contributed by atoms with Crippen molar-refractivity contribution < 1.29 is 0 Å². The molecule has 0 bridgehead atoms. The summed E-state index contributed by atoms with van der Waals surface area (Å²) < 4.78 is 0. The molecule has 0 nitrogen and oxygen atoms in total. The van der Waals surface area contributed by atoms with Gasteiger partial charge >= 0.3 is 0 Å². The minimum absolute atomic E-state index is 1.22. The van der Waals surface area contributed by atoms with Gasteiger partial charge in [0.2, 0.25) is 0 Å². The molecule has 15 heavy (non-hydrogen) atoms. The Morgan fingerprint density at radius 3 is 1.73 bits per heavy atom. The van der Waals surface area contributed by atoms with Crippen molar-refractivity contribution in [1.29, 1.82) is 0 Å². The summed E-state index contributed by atoms with van der Waals surface area (Å²) in [6.45, 7) is 9.02. The van der Waals surface area contributed by atoms with Crippen LogP contribution in [0.1, 0.15) is 72.6 Å². The van der Waals surface area contributed by atoms with E-state index in [4.69, 9.17) is 0 Å². The molecule has 0 aliphatic carbocycles. The molecule has 0 heteroatoms. The third-order valence-electron chi connectivity index (χ3n) is 2.98. The highest BCUT2D eigenvalue weighted by molar-refractivity contribution is 5.06. The van der Waals surface area contributed by atoms with Crippen molar-refractivity contribution in [1.82, 2.24) is 0 Å². The first-order valence-electron chi connectivity index (χ1n) is 6.64. The Labute approximate surface area is 96.5 Å². The first-order chi connectivity index (χ1) is 7.28. The smallest absolute Gasteiger partial charge is 0.0286 e. The normalized spacial score (nSPS) is 11.6. The fourth-order valence-electron chi connectivity index (χ4n) is 1.77. The molecule has 0 N–H and O–H groups in total. The second-order valence-corrected chi connectivity index (χ2v) is 4.11. The second-order valence-electron chi connectivity index (χ2n) is 4.11. The van der Waals surface area contributed by atoms with Gasteiger partial charge in [-0.3, -0.25) is 0 Å². The summed E-state index contributed by atoms with van der Waals surface area (Å²) in [5.41, 5.74) is 3.25. The van der Waals surface area contributed by atoms with Gasteiger partial charge in [0.05, 0.1) is 0 Å². The van der Waals surface area contributed by atoms with E-state index in [-0.39, 0.29) is 0 Å². The van der Waals surface area contributed by atoms with E-state index in [1.54, 1.807) is 11.1 Å². The molecule has 0 spiro atoms. The fraction of sp³-hybridized carbons (Fsp3) is 0.733. The lowest BCUT2D eigenvalue weighted by Gasteiger charge is -2.04. The zero-order valence-electron chi connectivity index (χ0n) is 11.1. The summed E-state index contributed by atoms with van der Waals surface area (Å²) in [4.78, 5) is 0. The Balaban J connectivity index is 3.95. The summed E-state index contributed by atoms with van der Waals surface area (Å²) in [5.74, 6) is 0. The van der Waals surface area contributed by atoms with Gasteiger partial charge in [-0.15, -0.1) is 0 Å². The maximum atomic E-state index is 2.44. The number of hydrogen-bond donors (Lipinski definition) is 0. The molecule has 0 unspecified atom stereocenters. The first kappa shape index (κ1) is 14.5. The van der Waals surface area contributed by atoms with Crippen molar-refractivity contribution in [3.8, 4) is 0 Å². The zero-order chi connectivity index (χ0) is 11.5. The van der Waals surface area contributed by atoms with Gasteiger partial charge in [-0.05, 0) is 38.5 Å². The predicted molar refractivity (Wildman–Crippen MR) is 71.2 cm³/mol. The Hall–Kier alpha value is -0.520. The largest absolute Gasteiger partial charge is 0.0853 e. The molecule has 0 atom stereocenters. The molecule has 0 saturated carbocycles. The Morgan fingerprint density at radius 1 is 0.733 bits per heavy atom. The number of allylic oxidation sites excluding steroid dienone is 4. The summed E-state index contributed by atoms with van der Waals surface area (Å²) in [7, 11) is 0. The van der Waals surface area contributed by atoms with Crippen molar-refractivity contribution in [3.63, 3.8) is 0 Å². The maximum absolute atomic E-state index is 2.44. The predicted octanol–water partition coefficient (Wildman–Crippen LogP) is 5.65. The molecule has 0 aromatic heterocycles. The van der Waals surface area contributed by atoms with E-state index in [1.807, 2.05) is 0 Å². The molecule has 0 aliphatic rings. The van der Waals surface area contributed by atoms with Gasteiger partial charge in [0.25, 0.3) is 0 Å². The molecule has 0 heterocycles. The van der Waals surface area contributed by atoms with E-state index in [0.717, 1.165) is 0 Å².